The maximum Gasteiger partial charge on any atom is 0 e. The van der Waals surface area contributed by atoms with E-state index in [1.54, 1.807) is 3.07 Å². The van der Waals surface area contributed by atoms with Crippen LogP contribution in [0, 0.1) is 13.8 Å². The molecule has 0 bridgehead atoms. The van der Waals surface area contributed by atoms with Crippen molar-refractivity contribution in [3.8, 4) is 0 Å². The van der Waals surface area contributed by atoms with Crippen LogP contribution in [0.4, 0.5) is 0 Å². The van der Waals surface area contributed by atoms with E-state index in [0.29, 0.717) is 26.1 Å². The minimum atomic E-state index is 0. The summed E-state index contributed by atoms with van der Waals surface area (Å²) in [6, 6.07) is 15.2. The Hall–Kier alpha value is 0.595. The first-order valence-electron chi connectivity index (χ1n) is 6.48. The molecule has 0 atom stereocenters. The summed E-state index contributed by atoms with van der Waals surface area (Å²) in [6.45, 7) is 11.0. The summed E-state index contributed by atoms with van der Waals surface area (Å²) in [5.41, 5.74) is 2.92. The van der Waals surface area contributed by atoms with Crippen LogP contribution in [-0.4, -0.2) is 0 Å². The third-order valence-corrected chi connectivity index (χ3v) is 8.13. The van der Waals surface area contributed by atoms with Crippen molar-refractivity contribution >= 4 is 14.8 Å². The zero-order valence-corrected chi connectivity index (χ0v) is 22.4. The number of hydrogen-bond acceptors (Lipinski definition) is 0. The maximum absolute atomic E-state index is 4.29. The number of hydrogen-bond donors (Lipinski definition) is 0. The van der Waals surface area contributed by atoms with Gasteiger partial charge in [0.2, 0.25) is 0 Å². The van der Waals surface area contributed by atoms with Gasteiger partial charge in [-0.25, -0.2) is 0 Å². The molecule has 3 heteroatoms. The van der Waals surface area contributed by atoms with Crippen molar-refractivity contribution in [2.24, 2.45) is 0 Å². The Morgan fingerprint density at radius 3 is 2.20 bits per heavy atom. The second-order valence-corrected chi connectivity index (χ2v) is 9.54. The van der Waals surface area contributed by atoms with E-state index in [1.165, 1.54) is 32.7 Å². The molecule has 0 nitrogen and oxygen atoms in total. The average Bonchev–Trinajstić information content (AvgIpc) is 2.35. The molecule has 0 amide bonds. The maximum atomic E-state index is 4.29. The van der Waals surface area contributed by atoms with Gasteiger partial charge in [0.15, 0.2) is 0 Å². The molecular weight excluding hydrogens is 615 g/mol. The Bertz CT molecular complexity index is 574. The van der Waals surface area contributed by atoms with Gasteiger partial charge in [-0.1, -0.05) is 0 Å². The molecule has 0 radical (unpaired) electrons. The number of rotatable bonds is 3. The SMILES string of the molecule is [CH2-]C(C)(C)c1ccc([SH+]c2ccccc2)c(C)[c]1[Hg].[Hf]. The van der Waals surface area contributed by atoms with Gasteiger partial charge in [-0.2, -0.15) is 0 Å². The normalized spacial score (nSPS) is 11.1. The predicted octanol–water partition coefficient (Wildman–Crippen LogP) is 3.51. The topological polar surface area (TPSA) is 0 Å². The Kier molecular flexibility index (Phi) is 7.21. The third-order valence-electron chi connectivity index (χ3n) is 3.30. The fourth-order valence-corrected chi connectivity index (χ4v) is 6.83. The molecule has 0 heterocycles. The molecule has 2 aromatic carbocycles. The first-order chi connectivity index (χ1) is 8.89. The molecule has 99 valence electrons. The third kappa shape index (κ3) is 4.54. The molecule has 20 heavy (non-hydrogen) atoms. The van der Waals surface area contributed by atoms with E-state index in [9.17, 15) is 0 Å². The van der Waals surface area contributed by atoms with E-state index < -0.39 is 0 Å². The fraction of sp³-hybridized carbons (Fsp3) is 0.235. The van der Waals surface area contributed by atoms with Crippen LogP contribution in [0.2, 0.25) is 0 Å². The van der Waals surface area contributed by atoms with E-state index in [2.05, 4.69) is 70.2 Å². The summed E-state index contributed by atoms with van der Waals surface area (Å²) in [7, 11) is 0. The van der Waals surface area contributed by atoms with Crippen molar-refractivity contribution in [1.29, 1.82) is 0 Å². The molecule has 2 aromatic rings. The van der Waals surface area contributed by atoms with E-state index >= 15 is 0 Å². The molecular formula is C17H19HfHgS. The molecule has 0 fully saturated rings. The zero-order chi connectivity index (χ0) is 14.0. The molecule has 0 saturated heterocycles. The van der Waals surface area contributed by atoms with E-state index in [1.807, 2.05) is 0 Å². The quantitative estimate of drug-likeness (QED) is 0.210. The standard InChI is InChI=1S/C17H18S.Hf.Hg/c1-13-12-14(17(2,3)4)10-11-16(13)18-15-8-6-5-7-9-15;;/h5-11H,2H2,1,3-4H3;;/q-1;;/p+1. The van der Waals surface area contributed by atoms with Crippen molar-refractivity contribution in [1.82, 2.24) is 0 Å². The van der Waals surface area contributed by atoms with Crippen LogP contribution < -0.4 is 3.07 Å². The summed E-state index contributed by atoms with van der Waals surface area (Å²) >= 11 is 1.94. The summed E-state index contributed by atoms with van der Waals surface area (Å²) in [4.78, 5) is 2.80. The van der Waals surface area contributed by atoms with Gasteiger partial charge >= 0.3 is 137 Å². The zero-order valence-electron chi connectivity index (χ0n) is 12.4. The average molecular weight is 634 g/mol. The first-order valence-corrected chi connectivity index (χ1v) is 10.1. The Morgan fingerprint density at radius 2 is 1.65 bits per heavy atom. The van der Waals surface area contributed by atoms with Crippen LogP contribution >= 0.6 is 0 Å². The van der Waals surface area contributed by atoms with Gasteiger partial charge in [0.1, 0.15) is 0 Å². The second kappa shape index (κ2) is 7.74. The molecule has 0 unspecified atom stereocenters. The largest absolute Gasteiger partial charge is 0 e. The van der Waals surface area contributed by atoms with Crippen LogP contribution in [0.1, 0.15) is 25.0 Å². The van der Waals surface area contributed by atoms with E-state index in [0.717, 1.165) is 0 Å². The van der Waals surface area contributed by atoms with Crippen LogP contribution in [0.5, 0.6) is 0 Å². The molecule has 0 N–H and O–H groups in total. The van der Waals surface area contributed by atoms with Gasteiger partial charge in [-0.3, -0.25) is 0 Å². The number of benzene rings is 2. The van der Waals surface area contributed by atoms with Crippen LogP contribution in [0.3, 0.4) is 0 Å². The smallest absolute Gasteiger partial charge is 0 e. The van der Waals surface area contributed by atoms with Crippen molar-refractivity contribution in [3.05, 3.63) is 60.5 Å². The molecule has 0 aliphatic carbocycles. The minimum absolute atomic E-state index is 0. The number of thiol groups is 1. The monoisotopic (exact) mass is 637 g/mol. The Labute approximate surface area is 161 Å². The van der Waals surface area contributed by atoms with Crippen LogP contribution in [0.25, 0.3) is 0 Å². The summed E-state index contributed by atoms with van der Waals surface area (Å²) in [6.07, 6.45) is 0. The van der Waals surface area contributed by atoms with Crippen molar-refractivity contribution in [2.45, 2.75) is 36.0 Å². The molecule has 0 aliphatic heterocycles. The van der Waals surface area contributed by atoms with Crippen LogP contribution in [-0.2, 0) is 69.1 Å². The van der Waals surface area contributed by atoms with Crippen molar-refractivity contribution < 1.29 is 52.0 Å². The molecule has 2 rings (SSSR count). The van der Waals surface area contributed by atoms with Gasteiger partial charge in [0.25, 0.3) is 0 Å². The minimum Gasteiger partial charge on any atom is 0 e. The summed E-state index contributed by atoms with van der Waals surface area (Å²) in [5, 5.41) is 0. The van der Waals surface area contributed by atoms with Crippen LogP contribution in [0.15, 0.2) is 52.3 Å². The van der Waals surface area contributed by atoms with Crippen molar-refractivity contribution in [2.75, 3.05) is 0 Å². The van der Waals surface area contributed by atoms with E-state index in [4.69, 9.17) is 0 Å². The van der Waals surface area contributed by atoms with Gasteiger partial charge in [-0.15, -0.1) is 0 Å². The van der Waals surface area contributed by atoms with Crippen molar-refractivity contribution in [3.63, 3.8) is 0 Å². The first kappa shape index (κ1) is 18.6. The molecule has 0 spiro atoms. The van der Waals surface area contributed by atoms with Gasteiger partial charge in [0.05, 0.1) is 0 Å². The van der Waals surface area contributed by atoms with E-state index in [-0.39, 0.29) is 31.3 Å². The molecule has 0 saturated carbocycles. The van der Waals surface area contributed by atoms with Gasteiger partial charge in [-0.05, 0) is 0 Å². The van der Waals surface area contributed by atoms with Gasteiger partial charge < -0.3 is 0 Å². The summed E-state index contributed by atoms with van der Waals surface area (Å²) < 4.78 is 1.57. The van der Waals surface area contributed by atoms with Gasteiger partial charge in [0, 0.05) is 25.8 Å². The Morgan fingerprint density at radius 1 is 1.05 bits per heavy atom. The second-order valence-electron chi connectivity index (χ2n) is 5.57. The predicted molar refractivity (Wildman–Crippen MR) is 80.9 cm³/mol. The fourth-order valence-electron chi connectivity index (χ4n) is 2.14. The Balaban J connectivity index is 0.00000200. The molecule has 0 aliphatic rings. The molecule has 0 aromatic heterocycles. The summed E-state index contributed by atoms with van der Waals surface area (Å²) in [5.74, 6) is 0.